The van der Waals surface area contributed by atoms with Gasteiger partial charge in [0.15, 0.2) is 0 Å². The number of hydrogen-bond acceptors (Lipinski definition) is 5. The first kappa shape index (κ1) is 15.9. The molecule has 2 rings (SSSR count). The lowest BCUT2D eigenvalue weighted by atomic mass is 10.1. The maximum Gasteiger partial charge on any atom is 0.338 e. The Morgan fingerprint density at radius 3 is 2.62 bits per heavy atom. The van der Waals surface area contributed by atoms with Gasteiger partial charge in [0.25, 0.3) is 0 Å². The van der Waals surface area contributed by atoms with Crippen molar-refractivity contribution in [1.82, 2.24) is 0 Å². The third-order valence-electron chi connectivity index (χ3n) is 3.45. The molecule has 21 heavy (non-hydrogen) atoms. The number of esters is 1. The van der Waals surface area contributed by atoms with E-state index in [0.717, 1.165) is 5.56 Å². The minimum atomic E-state index is -3.84. The van der Waals surface area contributed by atoms with Crippen molar-refractivity contribution in [3.8, 4) is 0 Å². The molecule has 0 saturated carbocycles. The van der Waals surface area contributed by atoms with Crippen LogP contribution < -0.4 is 5.14 Å². The molecule has 0 aliphatic carbocycles. The van der Waals surface area contributed by atoms with Crippen LogP contribution in [0.2, 0.25) is 0 Å². The van der Waals surface area contributed by atoms with Crippen molar-refractivity contribution >= 4 is 16.0 Å². The Bertz CT molecular complexity index is 620. The monoisotopic (exact) mass is 313 g/mol. The molecular formula is C14H19NO5S. The molecule has 1 fully saturated rings. The normalized spacial score (nSPS) is 16.7. The number of nitrogens with two attached hydrogens (primary N) is 1. The van der Waals surface area contributed by atoms with Crippen molar-refractivity contribution in [3.05, 3.63) is 29.3 Å². The molecule has 1 heterocycles. The standard InChI is InChI=1S/C14H19NO5S/c1-2-10-3-4-12(21(15,17)18)9-13(10)14(16)20-11-5-7-19-8-6-11/h3-4,9,11H,2,5-8H2,1H3,(H2,15,17,18). The topological polar surface area (TPSA) is 95.7 Å². The van der Waals surface area contributed by atoms with Crippen molar-refractivity contribution in [2.45, 2.75) is 37.2 Å². The fraction of sp³-hybridized carbons (Fsp3) is 0.500. The van der Waals surface area contributed by atoms with Gasteiger partial charge in [0.05, 0.1) is 23.7 Å². The van der Waals surface area contributed by atoms with Crippen molar-refractivity contribution < 1.29 is 22.7 Å². The summed E-state index contributed by atoms with van der Waals surface area (Å²) in [5.74, 6) is -0.510. The summed E-state index contributed by atoms with van der Waals surface area (Å²) in [5, 5.41) is 5.11. The minimum Gasteiger partial charge on any atom is -0.459 e. The van der Waals surface area contributed by atoms with Gasteiger partial charge < -0.3 is 9.47 Å². The lowest BCUT2D eigenvalue weighted by molar-refractivity contribution is -0.0160. The van der Waals surface area contributed by atoms with Gasteiger partial charge in [0.1, 0.15) is 6.10 Å². The van der Waals surface area contributed by atoms with Gasteiger partial charge in [-0.3, -0.25) is 0 Å². The molecule has 1 aromatic carbocycles. The molecular weight excluding hydrogens is 294 g/mol. The zero-order valence-electron chi connectivity index (χ0n) is 11.9. The van der Waals surface area contributed by atoms with E-state index >= 15 is 0 Å². The van der Waals surface area contributed by atoms with E-state index in [4.69, 9.17) is 14.6 Å². The first-order valence-corrected chi connectivity index (χ1v) is 8.41. The highest BCUT2D eigenvalue weighted by molar-refractivity contribution is 7.89. The molecule has 1 aliphatic heterocycles. The van der Waals surface area contributed by atoms with E-state index in [1.54, 1.807) is 6.07 Å². The van der Waals surface area contributed by atoms with Crippen LogP contribution in [-0.4, -0.2) is 33.7 Å². The summed E-state index contributed by atoms with van der Waals surface area (Å²) in [4.78, 5) is 12.2. The van der Waals surface area contributed by atoms with Crippen LogP contribution >= 0.6 is 0 Å². The summed E-state index contributed by atoms with van der Waals surface area (Å²) in [6, 6.07) is 4.29. The van der Waals surface area contributed by atoms with Crippen molar-refractivity contribution in [1.29, 1.82) is 0 Å². The lowest BCUT2D eigenvalue weighted by Gasteiger charge is -2.22. The van der Waals surface area contributed by atoms with Gasteiger partial charge in [-0.15, -0.1) is 0 Å². The Morgan fingerprint density at radius 1 is 1.38 bits per heavy atom. The van der Waals surface area contributed by atoms with Gasteiger partial charge in [-0.25, -0.2) is 18.4 Å². The van der Waals surface area contributed by atoms with E-state index in [-0.39, 0.29) is 16.6 Å². The smallest absolute Gasteiger partial charge is 0.338 e. The van der Waals surface area contributed by atoms with Gasteiger partial charge in [0, 0.05) is 12.8 Å². The average molecular weight is 313 g/mol. The number of sulfonamides is 1. The molecule has 0 spiro atoms. The maximum absolute atomic E-state index is 12.3. The van der Waals surface area contributed by atoms with Crippen molar-refractivity contribution in [2.24, 2.45) is 5.14 Å². The number of hydrogen-bond donors (Lipinski definition) is 1. The zero-order chi connectivity index (χ0) is 15.5. The van der Waals surface area contributed by atoms with E-state index in [1.807, 2.05) is 6.92 Å². The van der Waals surface area contributed by atoms with Crippen LogP contribution in [0, 0.1) is 0 Å². The molecule has 0 unspecified atom stereocenters. The number of aryl methyl sites for hydroxylation is 1. The first-order valence-electron chi connectivity index (χ1n) is 6.86. The zero-order valence-corrected chi connectivity index (χ0v) is 12.7. The first-order chi connectivity index (χ1) is 9.91. The van der Waals surface area contributed by atoms with Crippen LogP contribution in [0.4, 0.5) is 0 Å². The fourth-order valence-electron chi connectivity index (χ4n) is 2.24. The highest BCUT2D eigenvalue weighted by Gasteiger charge is 2.22. The predicted molar refractivity (Wildman–Crippen MR) is 76.4 cm³/mol. The Balaban J connectivity index is 2.25. The van der Waals surface area contributed by atoms with E-state index in [9.17, 15) is 13.2 Å². The molecule has 1 aromatic rings. The summed E-state index contributed by atoms with van der Waals surface area (Å²) in [6.07, 6.45) is 1.72. The molecule has 2 N–H and O–H groups in total. The third-order valence-corrected chi connectivity index (χ3v) is 4.36. The predicted octanol–water partition coefficient (Wildman–Crippen LogP) is 1.23. The largest absolute Gasteiger partial charge is 0.459 e. The van der Waals surface area contributed by atoms with Crippen LogP contribution in [0.5, 0.6) is 0 Å². The van der Waals surface area contributed by atoms with Crippen LogP contribution in [0.15, 0.2) is 23.1 Å². The summed E-state index contributed by atoms with van der Waals surface area (Å²) in [7, 11) is -3.84. The Kier molecular flexibility index (Phi) is 4.97. The van der Waals surface area contributed by atoms with Gasteiger partial charge in [0.2, 0.25) is 10.0 Å². The van der Waals surface area contributed by atoms with Gasteiger partial charge in [-0.1, -0.05) is 13.0 Å². The van der Waals surface area contributed by atoms with E-state index in [0.29, 0.717) is 32.5 Å². The highest BCUT2D eigenvalue weighted by atomic mass is 32.2. The quantitative estimate of drug-likeness (QED) is 0.844. The van der Waals surface area contributed by atoms with E-state index in [1.165, 1.54) is 12.1 Å². The van der Waals surface area contributed by atoms with Crippen LogP contribution in [0.25, 0.3) is 0 Å². The molecule has 1 aliphatic rings. The van der Waals surface area contributed by atoms with Gasteiger partial charge >= 0.3 is 5.97 Å². The van der Waals surface area contributed by atoms with Crippen molar-refractivity contribution in [2.75, 3.05) is 13.2 Å². The minimum absolute atomic E-state index is 0.0846. The highest BCUT2D eigenvalue weighted by Crippen LogP contribution is 2.19. The number of benzene rings is 1. The molecule has 0 atom stereocenters. The lowest BCUT2D eigenvalue weighted by Crippen LogP contribution is -2.26. The molecule has 116 valence electrons. The fourth-order valence-corrected chi connectivity index (χ4v) is 2.78. The van der Waals surface area contributed by atoms with Gasteiger partial charge in [-0.2, -0.15) is 0 Å². The molecule has 7 heteroatoms. The summed E-state index contributed by atoms with van der Waals surface area (Å²) in [5.41, 5.74) is 0.995. The van der Waals surface area contributed by atoms with E-state index < -0.39 is 16.0 Å². The second-order valence-corrected chi connectivity index (χ2v) is 6.50. The number of rotatable bonds is 4. The molecule has 0 radical (unpaired) electrons. The average Bonchev–Trinajstić information content (AvgIpc) is 2.46. The SMILES string of the molecule is CCc1ccc(S(N)(=O)=O)cc1C(=O)OC1CCOCC1. The molecule has 0 aromatic heterocycles. The van der Waals surface area contributed by atoms with E-state index in [2.05, 4.69) is 0 Å². The molecule has 0 amide bonds. The summed E-state index contributed by atoms with van der Waals surface area (Å²) >= 11 is 0. The van der Waals surface area contributed by atoms with Gasteiger partial charge in [-0.05, 0) is 24.1 Å². The Hall–Kier alpha value is -1.44. The second kappa shape index (κ2) is 6.55. The Morgan fingerprint density at radius 2 is 2.05 bits per heavy atom. The molecule has 0 bridgehead atoms. The number of primary sulfonamides is 1. The summed E-state index contributed by atoms with van der Waals surface area (Å²) in [6.45, 7) is 3.02. The maximum atomic E-state index is 12.3. The summed E-state index contributed by atoms with van der Waals surface area (Å²) < 4.78 is 33.5. The molecule has 1 saturated heterocycles. The number of carbonyl (C=O) groups excluding carboxylic acids is 1. The number of carbonyl (C=O) groups is 1. The van der Waals surface area contributed by atoms with Crippen molar-refractivity contribution in [3.63, 3.8) is 0 Å². The number of ether oxygens (including phenoxy) is 2. The van der Waals surface area contributed by atoms with Crippen LogP contribution in [0.3, 0.4) is 0 Å². The third kappa shape index (κ3) is 4.03. The Labute approximate surface area is 124 Å². The van der Waals surface area contributed by atoms with Crippen LogP contribution in [0.1, 0.15) is 35.7 Å². The second-order valence-electron chi connectivity index (χ2n) is 4.93. The van der Waals surface area contributed by atoms with Crippen LogP contribution in [-0.2, 0) is 25.9 Å². The molecule has 6 nitrogen and oxygen atoms in total.